The second kappa shape index (κ2) is 6.84. The summed E-state index contributed by atoms with van der Waals surface area (Å²) in [5.74, 6) is -2.33. The number of nitriles is 1. The molecule has 5 nitrogen and oxygen atoms in total. The van der Waals surface area contributed by atoms with E-state index in [0.29, 0.717) is 4.90 Å². The van der Waals surface area contributed by atoms with Gasteiger partial charge in [0.2, 0.25) is 0 Å². The third-order valence-electron chi connectivity index (χ3n) is 6.20. The normalized spacial score (nSPS) is 23.0. The van der Waals surface area contributed by atoms with Gasteiger partial charge in [-0.15, -0.1) is 0 Å². The van der Waals surface area contributed by atoms with Gasteiger partial charge in [-0.05, 0) is 36.1 Å². The first-order chi connectivity index (χ1) is 14.5. The summed E-state index contributed by atoms with van der Waals surface area (Å²) in [6.45, 7) is 4.70. The van der Waals surface area contributed by atoms with Gasteiger partial charge in [-0.25, -0.2) is 0 Å². The van der Waals surface area contributed by atoms with Crippen molar-refractivity contribution in [3.8, 4) is 6.07 Å². The first-order valence-electron chi connectivity index (χ1n) is 9.86. The SMILES string of the molecule is CN1C(=O)C(=CC=C2N3CCCc4cccc(c43)C2(C)C)C(C(F)(F)F)=C(C#N)C1=O. The molecule has 2 amide bonds. The average Bonchev–Trinajstić information content (AvgIpc) is 2.93. The topological polar surface area (TPSA) is 64.4 Å². The number of nitrogens with zero attached hydrogens (tertiary/aromatic N) is 3. The number of carbonyl (C=O) groups is 2. The number of anilines is 1. The molecule has 1 aromatic rings. The summed E-state index contributed by atoms with van der Waals surface area (Å²) in [4.78, 5) is 27.3. The minimum absolute atomic E-state index is 0.480. The molecule has 1 aromatic carbocycles. The summed E-state index contributed by atoms with van der Waals surface area (Å²) in [5.41, 5.74) is 0.385. The number of para-hydroxylation sites is 1. The number of rotatable bonds is 1. The van der Waals surface area contributed by atoms with E-state index in [1.54, 1.807) is 0 Å². The highest BCUT2D eigenvalue weighted by Gasteiger charge is 2.48. The van der Waals surface area contributed by atoms with E-state index < -0.39 is 40.1 Å². The highest BCUT2D eigenvalue weighted by molar-refractivity contribution is 6.18. The number of imide groups is 1. The molecule has 0 aliphatic carbocycles. The Hall–Kier alpha value is -3.34. The average molecular weight is 427 g/mol. The highest BCUT2D eigenvalue weighted by Crippen LogP contribution is 2.51. The predicted molar refractivity (Wildman–Crippen MR) is 108 cm³/mol. The number of allylic oxidation sites excluding steroid dienone is 3. The number of alkyl halides is 3. The molecule has 160 valence electrons. The maximum Gasteiger partial charge on any atom is 0.418 e. The van der Waals surface area contributed by atoms with E-state index >= 15 is 0 Å². The molecule has 0 saturated heterocycles. The minimum Gasteiger partial charge on any atom is -0.344 e. The van der Waals surface area contributed by atoms with E-state index in [1.807, 2.05) is 26.0 Å². The first kappa shape index (κ1) is 20.9. The number of benzene rings is 1. The van der Waals surface area contributed by atoms with Crippen molar-refractivity contribution in [3.05, 3.63) is 63.9 Å². The maximum absolute atomic E-state index is 13.8. The molecule has 3 aliphatic rings. The zero-order valence-electron chi connectivity index (χ0n) is 17.3. The molecule has 0 saturated carbocycles. The van der Waals surface area contributed by atoms with Crippen molar-refractivity contribution < 1.29 is 22.8 Å². The molecule has 0 atom stereocenters. The molecule has 4 rings (SSSR count). The summed E-state index contributed by atoms with van der Waals surface area (Å²) in [5, 5.41) is 9.20. The Balaban J connectivity index is 1.91. The summed E-state index contributed by atoms with van der Waals surface area (Å²) >= 11 is 0. The molecule has 0 aromatic heterocycles. The third kappa shape index (κ3) is 2.99. The Labute approximate surface area is 177 Å². The predicted octanol–water partition coefficient (Wildman–Crippen LogP) is 3.92. The zero-order valence-corrected chi connectivity index (χ0v) is 17.3. The smallest absolute Gasteiger partial charge is 0.344 e. The van der Waals surface area contributed by atoms with Crippen LogP contribution in [0.15, 0.2) is 52.8 Å². The van der Waals surface area contributed by atoms with Gasteiger partial charge in [-0.2, -0.15) is 18.4 Å². The van der Waals surface area contributed by atoms with E-state index in [9.17, 15) is 28.0 Å². The first-order valence-corrected chi connectivity index (χ1v) is 9.86. The molecule has 0 bridgehead atoms. The molecule has 0 radical (unpaired) electrons. The van der Waals surface area contributed by atoms with Gasteiger partial charge in [0.05, 0.1) is 11.1 Å². The third-order valence-corrected chi connectivity index (χ3v) is 6.20. The van der Waals surface area contributed by atoms with Crippen LogP contribution in [0.3, 0.4) is 0 Å². The largest absolute Gasteiger partial charge is 0.418 e. The van der Waals surface area contributed by atoms with Gasteiger partial charge in [0.15, 0.2) is 0 Å². The Kier molecular flexibility index (Phi) is 4.61. The van der Waals surface area contributed by atoms with Gasteiger partial charge >= 0.3 is 6.18 Å². The van der Waals surface area contributed by atoms with Crippen molar-refractivity contribution in [2.24, 2.45) is 0 Å². The maximum atomic E-state index is 13.8. The van der Waals surface area contributed by atoms with Crippen LogP contribution in [0.25, 0.3) is 0 Å². The lowest BCUT2D eigenvalue weighted by Crippen LogP contribution is -2.42. The summed E-state index contributed by atoms with van der Waals surface area (Å²) in [6.07, 6.45) is -0.561. The van der Waals surface area contributed by atoms with Crippen molar-refractivity contribution in [1.29, 1.82) is 5.26 Å². The molecule has 8 heteroatoms. The van der Waals surface area contributed by atoms with Crippen LogP contribution in [0.4, 0.5) is 18.9 Å². The van der Waals surface area contributed by atoms with E-state index in [2.05, 4.69) is 11.0 Å². The molecule has 31 heavy (non-hydrogen) atoms. The Morgan fingerprint density at radius 1 is 1.16 bits per heavy atom. The van der Waals surface area contributed by atoms with Crippen molar-refractivity contribution in [3.63, 3.8) is 0 Å². The molecule has 3 aliphatic heterocycles. The number of carbonyl (C=O) groups excluding carboxylic acids is 2. The number of likely N-dealkylation sites (N-methyl/N-ethyl adjacent to an activating group) is 1. The van der Waals surface area contributed by atoms with Crippen LogP contribution < -0.4 is 4.90 Å². The standard InChI is InChI=1S/C23H20F3N3O2/c1-22(2)16-8-4-6-13-7-5-11-29(19(13)16)17(22)10-9-14-18(23(24,25)26)15(12-27)21(31)28(3)20(14)30/h4,6,8-10H,5,7,11H2,1-3H3. The van der Waals surface area contributed by atoms with Crippen molar-refractivity contribution in [2.45, 2.75) is 38.3 Å². The van der Waals surface area contributed by atoms with Gasteiger partial charge in [0, 0.05) is 30.4 Å². The van der Waals surface area contributed by atoms with Gasteiger partial charge < -0.3 is 4.90 Å². The lowest BCUT2D eigenvalue weighted by Gasteiger charge is -2.30. The fourth-order valence-electron chi connectivity index (χ4n) is 4.67. The number of halogens is 3. The summed E-state index contributed by atoms with van der Waals surface area (Å²) in [7, 11) is 1.07. The molecular formula is C23H20F3N3O2. The summed E-state index contributed by atoms with van der Waals surface area (Å²) in [6, 6.07) is 7.38. The van der Waals surface area contributed by atoms with Gasteiger partial charge in [-0.1, -0.05) is 32.0 Å². The fraction of sp³-hybridized carbons (Fsp3) is 0.348. The van der Waals surface area contributed by atoms with Crippen molar-refractivity contribution in [2.75, 3.05) is 18.5 Å². The number of hydrogen-bond donors (Lipinski definition) is 0. The molecule has 3 heterocycles. The summed E-state index contributed by atoms with van der Waals surface area (Å²) < 4.78 is 41.3. The van der Waals surface area contributed by atoms with E-state index in [-0.39, 0.29) is 0 Å². The second-order valence-corrected chi connectivity index (χ2v) is 8.35. The van der Waals surface area contributed by atoms with Crippen LogP contribution in [0.5, 0.6) is 0 Å². The quantitative estimate of drug-likeness (QED) is 0.503. The van der Waals surface area contributed by atoms with Crippen molar-refractivity contribution >= 4 is 17.5 Å². The van der Waals surface area contributed by atoms with E-state index in [0.717, 1.165) is 49.5 Å². The molecule has 0 N–H and O–H groups in total. The highest BCUT2D eigenvalue weighted by atomic mass is 19.4. The van der Waals surface area contributed by atoms with Crippen molar-refractivity contribution in [1.82, 2.24) is 4.90 Å². The Morgan fingerprint density at radius 2 is 1.87 bits per heavy atom. The molecule has 0 spiro atoms. The molecule has 0 fully saturated rings. The van der Waals surface area contributed by atoms with Crippen LogP contribution in [0, 0.1) is 11.3 Å². The number of hydrogen-bond acceptors (Lipinski definition) is 4. The lowest BCUT2D eigenvalue weighted by molar-refractivity contribution is -0.141. The van der Waals surface area contributed by atoms with Crippen LogP contribution in [-0.2, 0) is 21.4 Å². The monoisotopic (exact) mass is 427 g/mol. The molecule has 0 unspecified atom stereocenters. The van der Waals surface area contributed by atoms with Gasteiger partial charge in [0.1, 0.15) is 11.6 Å². The van der Waals surface area contributed by atoms with E-state index in [4.69, 9.17) is 0 Å². The van der Waals surface area contributed by atoms with Gasteiger partial charge in [-0.3, -0.25) is 14.5 Å². The lowest BCUT2D eigenvalue weighted by atomic mass is 9.83. The van der Waals surface area contributed by atoms with Crippen LogP contribution in [0.1, 0.15) is 31.4 Å². The van der Waals surface area contributed by atoms with Crippen LogP contribution >= 0.6 is 0 Å². The number of amides is 2. The van der Waals surface area contributed by atoms with E-state index in [1.165, 1.54) is 17.7 Å². The Morgan fingerprint density at radius 3 is 2.52 bits per heavy atom. The van der Waals surface area contributed by atoms with Gasteiger partial charge in [0.25, 0.3) is 11.8 Å². The fourth-order valence-corrected chi connectivity index (χ4v) is 4.67. The Bertz CT molecular complexity index is 1150. The van der Waals surface area contributed by atoms with Crippen LogP contribution in [-0.4, -0.2) is 36.5 Å². The molecular weight excluding hydrogens is 407 g/mol. The van der Waals surface area contributed by atoms with Crippen LogP contribution in [0.2, 0.25) is 0 Å². The second-order valence-electron chi connectivity index (χ2n) is 8.35. The number of aryl methyl sites for hydroxylation is 1. The minimum atomic E-state index is -5.02. The zero-order chi connectivity index (χ0) is 22.7.